The van der Waals surface area contributed by atoms with Gasteiger partial charge in [0, 0.05) is 40.3 Å². The van der Waals surface area contributed by atoms with E-state index < -0.39 is 17.2 Å². The molecule has 3 heterocycles. The van der Waals surface area contributed by atoms with Crippen molar-refractivity contribution in [1.29, 1.82) is 0 Å². The molecule has 1 aromatic heterocycles. The summed E-state index contributed by atoms with van der Waals surface area (Å²) in [6.07, 6.45) is 7.97. The van der Waals surface area contributed by atoms with Crippen LogP contribution in [-0.4, -0.2) is 23.1 Å². The molecule has 1 saturated heterocycles. The Bertz CT molecular complexity index is 1010. The van der Waals surface area contributed by atoms with Gasteiger partial charge in [-0.15, -0.1) is 0 Å². The first kappa shape index (κ1) is 16.7. The molecule has 2 aliphatic heterocycles. The van der Waals surface area contributed by atoms with Crippen LogP contribution in [0.15, 0.2) is 17.1 Å². The molecule has 5 rings (SSSR count). The SMILES string of the molecule is O=C(OF)c1cn(C2CC2)c2c3c(c(F)cc2c1=O)N1CCCC1CCC3. The molecule has 0 bridgehead atoms. The van der Waals surface area contributed by atoms with E-state index in [0.29, 0.717) is 23.7 Å². The summed E-state index contributed by atoms with van der Waals surface area (Å²) in [5, 5.41) is 0.138. The molecule has 3 aliphatic rings. The number of nitrogens with zero attached hydrogens (tertiary/aromatic N) is 2. The Morgan fingerprint density at radius 2 is 1.93 bits per heavy atom. The zero-order chi connectivity index (χ0) is 18.7. The van der Waals surface area contributed by atoms with Crippen LogP contribution >= 0.6 is 0 Å². The van der Waals surface area contributed by atoms with Crippen LogP contribution < -0.4 is 10.3 Å². The lowest BCUT2D eigenvalue weighted by Crippen LogP contribution is -2.29. The fraction of sp³-hybridized carbons (Fsp3) is 0.500. The Balaban J connectivity index is 1.85. The second-order valence-electron chi connectivity index (χ2n) is 7.84. The van der Waals surface area contributed by atoms with Gasteiger partial charge in [-0.3, -0.25) is 4.79 Å². The molecule has 0 spiro atoms. The summed E-state index contributed by atoms with van der Waals surface area (Å²) < 4.78 is 29.5. The van der Waals surface area contributed by atoms with Gasteiger partial charge >= 0.3 is 5.97 Å². The summed E-state index contributed by atoms with van der Waals surface area (Å²) in [6.45, 7) is 0.819. The van der Waals surface area contributed by atoms with Crippen LogP contribution in [-0.2, 0) is 11.4 Å². The lowest BCUT2D eigenvalue weighted by Gasteiger charge is -2.27. The molecule has 0 radical (unpaired) electrons. The maximum Gasteiger partial charge on any atom is 0.384 e. The van der Waals surface area contributed by atoms with Gasteiger partial charge in [0.05, 0.1) is 11.2 Å². The van der Waals surface area contributed by atoms with Gasteiger partial charge in [-0.05, 0) is 51.0 Å². The number of anilines is 1. The first-order valence-corrected chi connectivity index (χ1v) is 9.60. The summed E-state index contributed by atoms with van der Waals surface area (Å²) in [5.74, 6) is -1.76. The van der Waals surface area contributed by atoms with Gasteiger partial charge in [0.1, 0.15) is 11.4 Å². The fourth-order valence-corrected chi connectivity index (χ4v) is 4.88. The van der Waals surface area contributed by atoms with Gasteiger partial charge in [-0.2, -0.15) is 0 Å². The molecule has 7 heteroatoms. The van der Waals surface area contributed by atoms with E-state index in [4.69, 9.17) is 0 Å². The largest absolute Gasteiger partial charge is 0.384 e. The van der Waals surface area contributed by atoms with Gasteiger partial charge in [-0.25, -0.2) is 14.1 Å². The van der Waals surface area contributed by atoms with Crippen molar-refractivity contribution in [2.24, 2.45) is 0 Å². The number of benzene rings is 1. The Hall–Kier alpha value is -2.44. The van der Waals surface area contributed by atoms with Gasteiger partial charge in [0.15, 0.2) is 0 Å². The molecule has 1 atom stereocenters. The quantitative estimate of drug-likeness (QED) is 0.802. The zero-order valence-electron chi connectivity index (χ0n) is 14.8. The third-order valence-corrected chi connectivity index (χ3v) is 6.20. The Labute approximate surface area is 154 Å². The highest BCUT2D eigenvalue weighted by Gasteiger charge is 2.35. The van der Waals surface area contributed by atoms with E-state index in [1.165, 1.54) is 12.3 Å². The van der Waals surface area contributed by atoms with Crippen molar-refractivity contribution < 1.29 is 18.7 Å². The molecule has 1 unspecified atom stereocenters. The highest BCUT2D eigenvalue weighted by Crippen LogP contribution is 2.43. The molecule has 2 fully saturated rings. The van der Waals surface area contributed by atoms with E-state index in [-0.39, 0.29) is 17.0 Å². The molecule has 142 valence electrons. The smallest absolute Gasteiger partial charge is 0.366 e. The van der Waals surface area contributed by atoms with Crippen LogP contribution in [0.25, 0.3) is 10.9 Å². The molecular weight excluding hydrogens is 354 g/mol. The van der Waals surface area contributed by atoms with Crippen molar-refractivity contribution in [3.8, 4) is 0 Å². The molecule has 1 aromatic carbocycles. The molecule has 27 heavy (non-hydrogen) atoms. The molecule has 0 N–H and O–H groups in total. The number of carbonyl (C=O) groups is 1. The Morgan fingerprint density at radius 1 is 1.15 bits per heavy atom. The van der Waals surface area contributed by atoms with E-state index in [1.54, 1.807) is 0 Å². The lowest BCUT2D eigenvalue weighted by molar-refractivity contribution is -0.0789. The minimum Gasteiger partial charge on any atom is -0.366 e. The summed E-state index contributed by atoms with van der Waals surface area (Å²) in [6, 6.07) is 1.72. The minimum absolute atomic E-state index is 0.138. The number of aromatic nitrogens is 1. The number of pyridine rings is 1. The van der Waals surface area contributed by atoms with Gasteiger partial charge in [0.2, 0.25) is 5.43 Å². The molecule has 1 saturated carbocycles. The number of fused-ring (bicyclic) bond motifs is 5. The second-order valence-corrected chi connectivity index (χ2v) is 7.84. The van der Waals surface area contributed by atoms with Gasteiger partial charge in [0.25, 0.3) is 0 Å². The maximum absolute atomic E-state index is 15.2. The third-order valence-electron chi connectivity index (χ3n) is 6.20. The number of hydrogen-bond donors (Lipinski definition) is 0. The number of carbonyl (C=O) groups excluding carboxylic acids is 1. The fourth-order valence-electron chi connectivity index (χ4n) is 4.88. The number of halogens is 2. The van der Waals surface area contributed by atoms with Crippen molar-refractivity contribution in [1.82, 2.24) is 4.57 Å². The van der Waals surface area contributed by atoms with Crippen LogP contribution in [0, 0.1) is 5.82 Å². The topological polar surface area (TPSA) is 51.5 Å². The predicted octanol–water partition coefficient (Wildman–Crippen LogP) is 3.82. The minimum atomic E-state index is -1.33. The van der Waals surface area contributed by atoms with Crippen molar-refractivity contribution >= 4 is 22.6 Å². The van der Waals surface area contributed by atoms with E-state index in [2.05, 4.69) is 9.84 Å². The Kier molecular flexibility index (Phi) is 3.74. The van der Waals surface area contributed by atoms with Crippen LogP contribution in [0.2, 0.25) is 0 Å². The predicted molar refractivity (Wildman–Crippen MR) is 96.3 cm³/mol. The Morgan fingerprint density at radius 3 is 2.67 bits per heavy atom. The summed E-state index contributed by atoms with van der Waals surface area (Å²) >= 11 is 0. The third kappa shape index (κ3) is 2.47. The monoisotopic (exact) mass is 374 g/mol. The van der Waals surface area contributed by atoms with Crippen LogP contribution in [0.4, 0.5) is 14.6 Å². The van der Waals surface area contributed by atoms with Crippen molar-refractivity contribution in [2.45, 2.75) is 57.0 Å². The van der Waals surface area contributed by atoms with Crippen LogP contribution in [0.1, 0.15) is 60.5 Å². The molecule has 0 amide bonds. The van der Waals surface area contributed by atoms with Crippen molar-refractivity contribution in [2.75, 3.05) is 11.4 Å². The molecule has 2 aromatic rings. The first-order valence-electron chi connectivity index (χ1n) is 9.60. The van der Waals surface area contributed by atoms with E-state index in [1.807, 2.05) is 4.57 Å². The zero-order valence-corrected chi connectivity index (χ0v) is 14.8. The lowest BCUT2D eigenvalue weighted by atomic mass is 10.00. The number of rotatable bonds is 2. The molecule has 1 aliphatic carbocycles. The maximum atomic E-state index is 15.2. The standard InChI is InChI=1S/C20H20F2N2O3/c21-16-9-14-17(13-5-1-3-11-4-2-8-23(11)18(13)16)24(12-6-7-12)10-15(19(14)25)20(26)27-22/h9-12H,1-8H2. The normalized spacial score (nSPS) is 21.7. The van der Waals surface area contributed by atoms with Crippen molar-refractivity contribution in [3.63, 3.8) is 0 Å². The van der Waals surface area contributed by atoms with Crippen molar-refractivity contribution in [3.05, 3.63) is 39.4 Å². The van der Waals surface area contributed by atoms with Gasteiger partial charge < -0.3 is 9.47 Å². The summed E-state index contributed by atoms with van der Waals surface area (Å²) in [5.41, 5.74) is 1.09. The second kappa shape index (κ2) is 6.04. The van der Waals surface area contributed by atoms with Crippen LogP contribution in [0.3, 0.4) is 0 Å². The van der Waals surface area contributed by atoms with E-state index in [0.717, 1.165) is 50.6 Å². The summed E-state index contributed by atoms with van der Waals surface area (Å²) in [7, 11) is 0. The average molecular weight is 374 g/mol. The van der Waals surface area contributed by atoms with E-state index >= 15 is 4.39 Å². The van der Waals surface area contributed by atoms with E-state index in [9.17, 15) is 14.1 Å². The summed E-state index contributed by atoms with van der Waals surface area (Å²) in [4.78, 5) is 30.0. The highest BCUT2D eigenvalue weighted by atomic mass is 19.3. The first-order chi connectivity index (χ1) is 13.1. The average Bonchev–Trinajstić information content (AvgIpc) is 3.44. The molecular formula is C20H20F2N2O3. The van der Waals surface area contributed by atoms with Gasteiger partial charge in [-0.1, -0.05) is 0 Å². The number of aryl methyl sites for hydroxylation is 1. The highest BCUT2D eigenvalue weighted by molar-refractivity contribution is 5.96. The molecule has 5 nitrogen and oxygen atoms in total. The van der Waals surface area contributed by atoms with Crippen LogP contribution in [0.5, 0.6) is 0 Å². The number of hydrogen-bond acceptors (Lipinski definition) is 4.